The van der Waals surface area contributed by atoms with E-state index in [0.29, 0.717) is 11.5 Å². The zero-order valence-electron chi connectivity index (χ0n) is 7.03. The van der Waals surface area contributed by atoms with Gasteiger partial charge in [-0.3, -0.25) is 0 Å². The Morgan fingerprint density at radius 1 is 1.46 bits per heavy atom. The second-order valence-corrected chi connectivity index (χ2v) is 2.74. The Kier molecular flexibility index (Phi) is 2.00. The van der Waals surface area contributed by atoms with E-state index in [2.05, 4.69) is 4.98 Å². The number of oxazole rings is 1. The number of para-hydroxylation sites is 1. The normalized spacial score (nSPS) is 10.9. The van der Waals surface area contributed by atoms with Gasteiger partial charge in [-0.1, -0.05) is 12.1 Å². The highest BCUT2D eigenvalue weighted by Crippen LogP contribution is 2.19. The molecule has 13 heavy (non-hydrogen) atoms. The van der Waals surface area contributed by atoms with Crippen LogP contribution in [0.3, 0.4) is 0 Å². The molecule has 0 saturated heterocycles. The summed E-state index contributed by atoms with van der Waals surface area (Å²) in [6, 6.07) is 5.46. The molecule has 0 fully saturated rings. The van der Waals surface area contributed by atoms with Crippen molar-refractivity contribution in [1.29, 1.82) is 0 Å². The maximum atomic E-state index is 9.00. The van der Waals surface area contributed by atoms with Crippen molar-refractivity contribution in [2.24, 2.45) is 5.73 Å². The minimum absolute atomic E-state index is 0.0451. The number of fused-ring (bicyclic) bond motifs is 1. The van der Waals surface area contributed by atoms with Crippen molar-refractivity contribution in [1.82, 2.24) is 4.98 Å². The van der Waals surface area contributed by atoms with Crippen molar-refractivity contribution >= 4 is 11.1 Å². The molecule has 1 heterocycles. The van der Waals surface area contributed by atoms with Gasteiger partial charge in [0.05, 0.1) is 13.2 Å². The summed E-state index contributed by atoms with van der Waals surface area (Å²) in [5.74, 6) is 0.496. The second kappa shape index (κ2) is 3.16. The first-order valence-corrected chi connectivity index (χ1v) is 4.03. The van der Waals surface area contributed by atoms with Gasteiger partial charge in [0.25, 0.3) is 0 Å². The van der Waals surface area contributed by atoms with Crippen LogP contribution in [0.4, 0.5) is 0 Å². The Morgan fingerprint density at radius 3 is 3.00 bits per heavy atom. The summed E-state index contributed by atoms with van der Waals surface area (Å²) in [6.07, 6.45) is 0. The van der Waals surface area contributed by atoms with Crippen LogP contribution in [0.1, 0.15) is 11.5 Å². The van der Waals surface area contributed by atoms with Crippen molar-refractivity contribution in [3.8, 4) is 0 Å². The predicted octanol–water partition coefficient (Wildman–Crippen LogP) is 0.779. The van der Waals surface area contributed by atoms with Gasteiger partial charge in [-0.25, -0.2) is 4.98 Å². The number of aliphatic hydroxyl groups is 1. The van der Waals surface area contributed by atoms with E-state index >= 15 is 0 Å². The Hall–Kier alpha value is -1.39. The molecule has 0 saturated carbocycles. The van der Waals surface area contributed by atoms with Gasteiger partial charge in [0.1, 0.15) is 5.52 Å². The molecule has 68 valence electrons. The Morgan fingerprint density at radius 2 is 2.31 bits per heavy atom. The van der Waals surface area contributed by atoms with Crippen LogP contribution in [0, 0.1) is 0 Å². The van der Waals surface area contributed by atoms with Crippen molar-refractivity contribution in [3.63, 3.8) is 0 Å². The third-order valence-electron chi connectivity index (χ3n) is 1.89. The zero-order valence-corrected chi connectivity index (χ0v) is 7.03. The van der Waals surface area contributed by atoms with Gasteiger partial charge in [0, 0.05) is 5.56 Å². The van der Waals surface area contributed by atoms with Gasteiger partial charge >= 0.3 is 0 Å². The van der Waals surface area contributed by atoms with Crippen LogP contribution in [0.2, 0.25) is 0 Å². The topological polar surface area (TPSA) is 72.3 Å². The van der Waals surface area contributed by atoms with Gasteiger partial charge < -0.3 is 15.3 Å². The van der Waals surface area contributed by atoms with Crippen LogP contribution in [0.25, 0.3) is 11.1 Å². The van der Waals surface area contributed by atoms with Gasteiger partial charge in [-0.05, 0) is 6.07 Å². The molecule has 1 aromatic heterocycles. The third-order valence-corrected chi connectivity index (χ3v) is 1.89. The predicted molar refractivity (Wildman–Crippen MR) is 47.8 cm³/mol. The molecular weight excluding hydrogens is 168 g/mol. The highest BCUT2D eigenvalue weighted by Gasteiger charge is 2.07. The molecule has 0 aliphatic heterocycles. The van der Waals surface area contributed by atoms with Crippen molar-refractivity contribution in [2.75, 3.05) is 0 Å². The molecule has 3 N–H and O–H groups in total. The number of rotatable bonds is 2. The number of benzene rings is 1. The van der Waals surface area contributed by atoms with Crippen molar-refractivity contribution in [2.45, 2.75) is 13.2 Å². The lowest BCUT2D eigenvalue weighted by Gasteiger charge is -1.93. The lowest BCUT2D eigenvalue weighted by atomic mass is 10.2. The van der Waals surface area contributed by atoms with Crippen LogP contribution in [0.15, 0.2) is 22.6 Å². The molecule has 2 rings (SSSR count). The molecule has 0 amide bonds. The smallest absolute Gasteiger partial charge is 0.209 e. The molecule has 2 aromatic rings. The van der Waals surface area contributed by atoms with Gasteiger partial charge in [-0.15, -0.1) is 0 Å². The molecule has 0 unspecified atom stereocenters. The molecule has 1 aromatic carbocycles. The fraction of sp³-hybridized carbons (Fsp3) is 0.222. The summed E-state index contributed by atoms with van der Waals surface area (Å²) in [5, 5.41) is 9.00. The lowest BCUT2D eigenvalue weighted by molar-refractivity contribution is 0.281. The zero-order chi connectivity index (χ0) is 9.26. The van der Waals surface area contributed by atoms with Crippen LogP contribution in [-0.4, -0.2) is 10.1 Å². The summed E-state index contributed by atoms with van der Waals surface area (Å²) in [5.41, 5.74) is 7.50. The van der Waals surface area contributed by atoms with Crippen LogP contribution in [0.5, 0.6) is 0 Å². The Labute approximate surface area is 75.0 Å². The number of nitrogens with two attached hydrogens (primary N) is 1. The molecule has 0 spiro atoms. The van der Waals surface area contributed by atoms with Gasteiger partial charge in [0.2, 0.25) is 5.89 Å². The molecule has 0 aliphatic rings. The largest absolute Gasteiger partial charge is 0.439 e. The van der Waals surface area contributed by atoms with Crippen LogP contribution in [-0.2, 0) is 13.2 Å². The van der Waals surface area contributed by atoms with E-state index in [1.807, 2.05) is 12.1 Å². The number of aliphatic hydroxyl groups excluding tert-OH is 1. The lowest BCUT2D eigenvalue weighted by Crippen LogP contribution is -1.94. The molecule has 0 bridgehead atoms. The highest BCUT2D eigenvalue weighted by molar-refractivity contribution is 5.76. The van der Waals surface area contributed by atoms with Crippen molar-refractivity contribution in [3.05, 3.63) is 29.7 Å². The third kappa shape index (κ3) is 1.30. The van der Waals surface area contributed by atoms with Crippen LogP contribution < -0.4 is 5.73 Å². The Balaban J connectivity index is 2.67. The standard InChI is InChI=1S/C9H10N2O2/c10-4-8-11-7-3-1-2-6(5-12)9(7)13-8/h1-3,12H,4-5,10H2. The highest BCUT2D eigenvalue weighted by atomic mass is 16.3. The average molecular weight is 178 g/mol. The number of nitrogens with zero attached hydrogens (tertiary/aromatic N) is 1. The summed E-state index contributed by atoms with van der Waals surface area (Å²) < 4.78 is 5.34. The molecule has 4 nitrogen and oxygen atoms in total. The molecule has 4 heteroatoms. The first-order chi connectivity index (χ1) is 6.35. The molecular formula is C9H10N2O2. The SMILES string of the molecule is NCc1nc2cccc(CO)c2o1. The molecule has 0 aliphatic carbocycles. The monoisotopic (exact) mass is 178 g/mol. The molecule has 0 atom stereocenters. The number of aromatic nitrogens is 1. The van der Waals surface area contributed by atoms with Gasteiger partial charge in [-0.2, -0.15) is 0 Å². The first kappa shape index (κ1) is 8.22. The van der Waals surface area contributed by atoms with Gasteiger partial charge in [0.15, 0.2) is 5.58 Å². The second-order valence-electron chi connectivity index (χ2n) is 2.74. The summed E-state index contributed by atoms with van der Waals surface area (Å²) in [4.78, 5) is 4.14. The van der Waals surface area contributed by atoms with Crippen LogP contribution >= 0.6 is 0 Å². The minimum Gasteiger partial charge on any atom is -0.439 e. The van der Waals surface area contributed by atoms with E-state index in [-0.39, 0.29) is 13.2 Å². The number of hydrogen-bond acceptors (Lipinski definition) is 4. The van der Waals surface area contributed by atoms with E-state index in [1.54, 1.807) is 6.07 Å². The fourth-order valence-corrected chi connectivity index (χ4v) is 1.26. The summed E-state index contributed by atoms with van der Waals surface area (Å²) in [6.45, 7) is 0.232. The average Bonchev–Trinajstić information content (AvgIpc) is 2.59. The van der Waals surface area contributed by atoms with E-state index in [9.17, 15) is 0 Å². The fourth-order valence-electron chi connectivity index (χ4n) is 1.26. The quantitative estimate of drug-likeness (QED) is 0.712. The van der Waals surface area contributed by atoms with E-state index in [4.69, 9.17) is 15.3 Å². The summed E-state index contributed by atoms with van der Waals surface area (Å²) in [7, 11) is 0. The van der Waals surface area contributed by atoms with E-state index in [1.165, 1.54) is 0 Å². The minimum atomic E-state index is -0.0451. The van der Waals surface area contributed by atoms with E-state index in [0.717, 1.165) is 11.1 Å². The van der Waals surface area contributed by atoms with E-state index < -0.39 is 0 Å². The maximum Gasteiger partial charge on any atom is 0.209 e. The summed E-state index contributed by atoms with van der Waals surface area (Å²) >= 11 is 0. The molecule has 0 radical (unpaired) electrons. The van der Waals surface area contributed by atoms with Crippen molar-refractivity contribution < 1.29 is 9.52 Å². The number of hydrogen-bond donors (Lipinski definition) is 2. The maximum absolute atomic E-state index is 9.00. The first-order valence-electron chi connectivity index (χ1n) is 4.03. The Bertz CT molecular complexity index is 422.